The maximum Gasteiger partial charge on any atom is 2.00 e. The molecule has 0 saturated heterocycles. The van der Waals surface area contributed by atoms with Crippen molar-refractivity contribution < 1.29 is 63.2 Å². The minimum atomic E-state index is -0.0792. The van der Waals surface area contributed by atoms with Gasteiger partial charge in [0.2, 0.25) is 0 Å². The Morgan fingerprint density at radius 3 is 1.00 bits per heavy atom. The van der Waals surface area contributed by atoms with Crippen LogP contribution in [-0.4, -0.2) is 60.5 Å². The smallest absolute Gasteiger partial charge is 0.573 e. The molecule has 17 aromatic rings. The molecule has 9 aliphatic rings. The SMILES string of the molecule is CC(C)(C)c1cc(-c2cc3cc4ccccc4cc3c(-c3cc(C(C)(C)C)n[n-]3)n2)[n-]n1.CC(C)(C)c1ccncc1.CC(C)(C)c1ccncc1.CC(C)(C)c1ccncc1.CC12CCC(c3c1n[n-]c3-c1cc3cc4ccccc4cc3c(-c3[n-]nc4c3C3CCC4(C)C3(C)C)n1)C2(C)C.CC12CCC(c3c1n[n-]c3-c1nc(-c3[n-]nc4c3C3CCC4(C)C3(C)C)c3cccc4c3c1C=CC4)C2(C)C.[Pt+2].[Pt+2].[Pt+2]. The fourth-order valence-electron chi connectivity index (χ4n) is 25.8. The summed E-state index contributed by atoms with van der Waals surface area (Å²) in [5.74, 6) is 1.86. The third-order valence-electron chi connectivity index (χ3n) is 36.3. The van der Waals surface area contributed by atoms with Gasteiger partial charge in [-0.1, -0.05) is 312 Å². The molecule has 8 unspecified atom stereocenters. The van der Waals surface area contributed by atoms with Crippen molar-refractivity contribution in [2.24, 2.45) is 21.7 Å². The zero-order chi connectivity index (χ0) is 99.6. The maximum atomic E-state index is 5.54. The van der Waals surface area contributed by atoms with Crippen molar-refractivity contribution in [3.8, 4) is 68.3 Å². The van der Waals surface area contributed by atoms with Crippen LogP contribution in [-0.2, 0) is 118 Å². The minimum Gasteiger partial charge on any atom is -0.573 e. The average Bonchev–Trinajstić information content (AvgIpc) is 1.52. The van der Waals surface area contributed by atoms with E-state index in [0.29, 0.717) is 23.7 Å². The maximum absolute atomic E-state index is 5.54. The van der Waals surface area contributed by atoms with Gasteiger partial charge >= 0.3 is 63.2 Å². The molecule has 9 aliphatic carbocycles. The van der Waals surface area contributed by atoms with Crippen molar-refractivity contribution in [2.75, 3.05) is 0 Å². The van der Waals surface area contributed by atoms with E-state index in [2.05, 4.69) is 380 Å². The Hall–Kier alpha value is -10.6. The Morgan fingerprint density at radius 2 is 0.625 bits per heavy atom. The second-order valence-corrected chi connectivity index (χ2v) is 50.2. The van der Waals surface area contributed by atoms with Crippen molar-refractivity contribution in [3.63, 3.8) is 0 Å². The van der Waals surface area contributed by atoms with Crippen molar-refractivity contribution >= 4 is 59.9 Å². The second-order valence-electron chi connectivity index (χ2n) is 50.2. The first-order valence-corrected chi connectivity index (χ1v) is 51.3. The molecule has 8 bridgehead atoms. The van der Waals surface area contributed by atoms with Gasteiger partial charge in [-0.2, -0.15) is 0 Å². The van der Waals surface area contributed by atoms with Crippen LogP contribution < -0.4 is 30.6 Å². The first kappa shape index (κ1) is 103. The summed E-state index contributed by atoms with van der Waals surface area (Å²) in [6.07, 6.45) is 26.0. The predicted molar refractivity (Wildman–Crippen MR) is 571 cm³/mol. The normalized spacial score (nSPS) is 22.3. The Labute approximate surface area is 893 Å². The van der Waals surface area contributed by atoms with Crippen LogP contribution in [0.4, 0.5) is 0 Å². The molecule has 12 aromatic heterocycles. The zero-order valence-electron chi connectivity index (χ0n) is 88.7. The van der Waals surface area contributed by atoms with Crippen LogP contribution in [0, 0.1) is 21.7 Å². The van der Waals surface area contributed by atoms with Gasteiger partial charge in [0.05, 0.1) is 34.2 Å². The molecule has 26 rings (SSSR count). The molecular formula is C123H136N18Pt3. The van der Waals surface area contributed by atoms with Crippen LogP contribution in [0.5, 0.6) is 0 Å². The number of hydrogen-bond acceptors (Lipinski definition) is 12. The molecular weight excluding hydrogens is 2310 g/mol. The molecule has 748 valence electrons. The van der Waals surface area contributed by atoms with Crippen LogP contribution in [0.2, 0.25) is 0 Å². The quantitative estimate of drug-likeness (QED) is 0.141. The summed E-state index contributed by atoms with van der Waals surface area (Å²) >= 11 is 0. The molecule has 4 saturated carbocycles. The molecule has 0 N–H and O–H groups in total. The number of allylic oxidation sites excluding steroid dienone is 1. The van der Waals surface area contributed by atoms with Crippen molar-refractivity contribution in [1.82, 2.24) is 91.1 Å². The van der Waals surface area contributed by atoms with E-state index >= 15 is 0 Å². The van der Waals surface area contributed by atoms with Gasteiger partial charge in [0, 0.05) is 126 Å². The number of hydrogen-bond donors (Lipinski definition) is 0. The van der Waals surface area contributed by atoms with Gasteiger partial charge in [0.1, 0.15) is 0 Å². The number of aromatic nitrogens is 18. The van der Waals surface area contributed by atoms with E-state index in [0.717, 1.165) is 102 Å². The average molecular weight is 2450 g/mol. The molecule has 18 nitrogen and oxygen atoms in total. The fraction of sp³-hybridized carbons (Fsp3) is 0.431. The predicted octanol–water partition coefficient (Wildman–Crippen LogP) is 28.1. The Kier molecular flexibility index (Phi) is 26.2. The summed E-state index contributed by atoms with van der Waals surface area (Å²) in [7, 11) is 0. The summed E-state index contributed by atoms with van der Waals surface area (Å²) in [6, 6.07) is 53.4. The summed E-state index contributed by atoms with van der Waals surface area (Å²) in [5.41, 5.74) is 31.2. The molecule has 0 spiro atoms. The third kappa shape index (κ3) is 16.5. The first-order valence-electron chi connectivity index (χ1n) is 51.3. The van der Waals surface area contributed by atoms with E-state index in [-0.39, 0.29) is 134 Å². The molecule has 144 heavy (non-hydrogen) atoms. The van der Waals surface area contributed by atoms with Crippen molar-refractivity contribution in [3.05, 3.63) is 279 Å². The van der Waals surface area contributed by atoms with Gasteiger partial charge in [-0.3, -0.25) is 29.9 Å². The summed E-state index contributed by atoms with van der Waals surface area (Å²) < 4.78 is 0. The van der Waals surface area contributed by atoms with Crippen LogP contribution in [0.1, 0.15) is 346 Å². The van der Waals surface area contributed by atoms with Gasteiger partial charge in [-0.15, -0.1) is 0 Å². The minimum absolute atomic E-state index is 0. The number of fused-ring (bicyclic) bond motifs is 24. The monoisotopic (exact) mass is 2450 g/mol. The molecule has 21 heteroatoms. The van der Waals surface area contributed by atoms with E-state index < -0.39 is 0 Å². The van der Waals surface area contributed by atoms with E-state index in [9.17, 15) is 0 Å². The Bertz CT molecular complexity index is 7680. The first-order chi connectivity index (χ1) is 66.6. The summed E-state index contributed by atoms with van der Waals surface area (Å²) in [6.45, 7) is 61.6. The van der Waals surface area contributed by atoms with Crippen LogP contribution in [0.3, 0.4) is 0 Å². The Morgan fingerprint density at radius 1 is 0.292 bits per heavy atom. The standard InChI is InChI=1S/C35H35N5.C34H35N5.C27H27N5.3C9H13N.3Pt/c1-32(2)22-11-13-34(32,5)30-25(22)28(37-39-30)24-17-20-15-18-9-7-8-10-19(18)16-21(20)27(36-24)29-26-23-12-14-35(6,33(23,3)4)31(26)40-38-29;1-31(2)20-13-15-33(31,5)29-23(20)27(36-38-29)25-18-11-7-9-17-10-8-12-19(22(17)18)26(35-25)28-24-21-14-16-34(6,32(21,3)4)30(24)39-37-28;1-26(2,3)23-14-21(29-31-23)20-13-18-11-16-9-7-8-10-17(16)12-19(18)25(28-20)22-15-24(32-30-22)27(4,5)6;3*1-9(2,3)8-4-6-10-7-5-8;;;/h7-10,15-17,22-23H,11-14H2,1-6H3;7-9,11-12,20-21H,10,13-16H2,1-6H3;7-15H,1-6H3;3*4-7H,1-3H3;;;/q3*-2;;;;3*+2. The molecule has 0 radical (unpaired) electrons. The van der Waals surface area contributed by atoms with Crippen LogP contribution in [0.25, 0.3) is 128 Å². The van der Waals surface area contributed by atoms with E-state index in [1.807, 2.05) is 43.2 Å². The Balaban J connectivity index is 0.000000123. The number of pyridine rings is 6. The largest absolute Gasteiger partial charge is 2.00 e. The number of nitrogens with zero attached hydrogens (tertiary/aromatic N) is 18. The van der Waals surface area contributed by atoms with Crippen molar-refractivity contribution in [1.29, 1.82) is 0 Å². The van der Waals surface area contributed by atoms with Gasteiger partial charge in [-0.25, -0.2) is 0 Å². The molecule has 0 aliphatic heterocycles. The summed E-state index contributed by atoms with van der Waals surface area (Å²) in [5, 5.41) is 68.7. The number of benzene rings is 5. The molecule has 4 fully saturated rings. The fourth-order valence-corrected chi connectivity index (χ4v) is 25.8. The zero-order valence-corrected chi connectivity index (χ0v) is 95.5. The van der Waals surface area contributed by atoms with E-state index in [1.54, 1.807) is 0 Å². The second kappa shape index (κ2) is 36.4. The molecule has 12 heterocycles. The molecule has 8 atom stereocenters. The van der Waals surface area contributed by atoms with E-state index in [4.69, 9.17) is 55.7 Å². The van der Waals surface area contributed by atoms with Gasteiger partial charge in [-0.05, 0) is 274 Å². The topological polar surface area (TPSA) is 239 Å². The van der Waals surface area contributed by atoms with Crippen molar-refractivity contribution in [2.45, 2.75) is 317 Å². The number of rotatable bonds is 6. The molecule has 5 aromatic carbocycles. The van der Waals surface area contributed by atoms with Crippen LogP contribution in [0.15, 0.2) is 195 Å². The van der Waals surface area contributed by atoms with E-state index in [1.165, 1.54) is 162 Å². The van der Waals surface area contributed by atoms with Crippen LogP contribution >= 0.6 is 0 Å². The third-order valence-corrected chi connectivity index (χ3v) is 36.3. The van der Waals surface area contributed by atoms with Gasteiger partial charge < -0.3 is 61.2 Å². The molecule has 0 amide bonds. The van der Waals surface area contributed by atoms with Gasteiger partial charge in [0.25, 0.3) is 0 Å². The van der Waals surface area contributed by atoms with Gasteiger partial charge in [0.15, 0.2) is 0 Å². The summed E-state index contributed by atoms with van der Waals surface area (Å²) in [4.78, 5) is 27.9.